The minimum absolute atomic E-state index is 0.0884. The summed E-state index contributed by atoms with van der Waals surface area (Å²) in [4.78, 5) is 14.1. The third kappa shape index (κ3) is 4.26. The Morgan fingerprint density at radius 3 is 3.05 bits per heavy atom. The van der Waals surface area contributed by atoms with Crippen molar-refractivity contribution in [3.63, 3.8) is 0 Å². The Bertz CT molecular complexity index is 526. The SMILES string of the molecule is COC[C@H]1CN(C(=O)N[C@H](C)c2cccc(Cl)c2Cl)CCO1. The van der Waals surface area contributed by atoms with Gasteiger partial charge in [-0.05, 0) is 18.6 Å². The summed E-state index contributed by atoms with van der Waals surface area (Å²) < 4.78 is 10.6. The van der Waals surface area contributed by atoms with E-state index >= 15 is 0 Å². The summed E-state index contributed by atoms with van der Waals surface area (Å²) in [5, 5.41) is 3.89. The Labute approximate surface area is 140 Å². The minimum atomic E-state index is -0.234. The predicted octanol–water partition coefficient (Wildman–Crippen LogP) is 3.11. The molecule has 2 amide bonds. The number of rotatable bonds is 4. The van der Waals surface area contributed by atoms with Gasteiger partial charge in [0.25, 0.3) is 0 Å². The number of carbonyl (C=O) groups is 1. The predicted molar refractivity (Wildman–Crippen MR) is 86.6 cm³/mol. The number of morpholine rings is 1. The fourth-order valence-electron chi connectivity index (χ4n) is 2.40. The molecule has 1 fully saturated rings. The van der Waals surface area contributed by atoms with E-state index in [9.17, 15) is 4.79 Å². The van der Waals surface area contributed by atoms with E-state index in [2.05, 4.69) is 5.32 Å². The number of ether oxygens (including phenoxy) is 2. The highest BCUT2D eigenvalue weighted by atomic mass is 35.5. The topological polar surface area (TPSA) is 50.8 Å². The molecule has 5 nitrogen and oxygen atoms in total. The summed E-state index contributed by atoms with van der Waals surface area (Å²) in [7, 11) is 1.62. The lowest BCUT2D eigenvalue weighted by molar-refractivity contribution is -0.0496. The van der Waals surface area contributed by atoms with Gasteiger partial charge in [-0.3, -0.25) is 0 Å². The molecule has 7 heteroatoms. The van der Waals surface area contributed by atoms with Crippen LogP contribution in [0.1, 0.15) is 18.5 Å². The Kier molecular flexibility index (Phi) is 6.32. The molecule has 0 aliphatic carbocycles. The molecule has 122 valence electrons. The molecule has 1 aromatic rings. The van der Waals surface area contributed by atoms with Crippen LogP contribution in [0.5, 0.6) is 0 Å². The number of methoxy groups -OCH3 is 1. The van der Waals surface area contributed by atoms with Crippen LogP contribution in [-0.4, -0.2) is 50.4 Å². The second-order valence-electron chi connectivity index (χ2n) is 5.21. The zero-order chi connectivity index (χ0) is 16.1. The normalized spacial score (nSPS) is 19.8. The molecule has 2 atom stereocenters. The number of hydrogen-bond donors (Lipinski definition) is 1. The Morgan fingerprint density at radius 2 is 2.32 bits per heavy atom. The number of benzene rings is 1. The fourth-order valence-corrected chi connectivity index (χ4v) is 2.87. The highest BCUT2D eigenvalue weighted by molar-refractivity contribution is 6.42. The first-order valence-electron chi connectivity index (χ1n) is 7.12. The summed E-state index contributed by atoms with van der Waals surface area (Å²) in [6.45, 7) is 3.92. The standard InChI is InChI=1S/C15H20Cl2N2O3/c1-10(12-4-3-5-13(16)14(12)17)18-15(20)19-6-7-22-11(8-19)9-21-2/h3-5,10-11H,6-9H2,1-2H3,(H,18,20)/t10-,11-/m1/s1. The van der Waals surface area contributed by atoms with Crippen LogP contribution in [0.15, 0.2) is 18.2 Å². The van der Waals surface area contributed by atoms with Gasteiger partial charge in [-0.1, -0.05) is 35.3 Å². The van der Waals surface area contributed by atoms with E-state index in [1.54, 1.807) is 18.1 Å². The van der Waals surface area contributed by atoms with Crippen molar-refractivity contribution in [1.82, 2.24) is 10.2 Å². The van der Waals surface area contributed by atoms with Crippen LogP contribution in [0.3, 0.4) is 0 Å². The fraction of sp³-hybridized carbons (Fsp3) is 0.533. The summed E-state index contributed by atoms with van der Waals surface area (Å²) in [5.74, 6) is 0. The van der Waals surface area contributed by atoms with Gasteiger partial charge in [0.1, 0.15) is 0 Å². The molecule has 1 aliphatic rings. The molecular weight excluding hydrogens is 327 g/mol. The van der Waals surface area contributed by atoms with E-state index in [0.29, 0.717) is 36.3 Å². The van der Waals surface area contributed by atoms with Crippen molar-refractivity contribution in [2.75, 3.05) is 33.4 Å². The van der Waals surface area contributed by atoms with Crippen LogP contribution in [0.2, 0.25) is 10.0 Å². The largest absolute Gasteiger partial charge is 0.382 e. The van der Waals surface area contributed by atoms with Gasteiger partial charge in [0, 0.05) is 13.7 Å². The highest BCUT2D eigenvalue weighted by Crippen LogP contribution is 2.29. The number of nitrogens with one attached hydrogen (secondary N) is 1. The molecule has 0 saturated carbocycles. The smallest absolute Gasteiger partial charge is 0.318 e. The lowest BCUT2D eigenvalue weighted by Crippen LogP contribution is -2.51. The number of amides is 2. The third-order valence-corrected chi connectivity index (χ3v) is 4.40. The van der Waals surface area contributed by atoms with Crippen molar-refractivity contribution < 1.29 is 14.3 Å². The van der Waals surface area contributed by atoms with Gasteiger partial charge >= 0.3 is 6.03 Å². The second kappa shape index (κ2) is 8.02. The van der Waals surface area contributed by atoms with Crippen LogP contribution in [-0.2, 0) is 9.47 Å². The van der Waals surface area contributed by atoms with Crippen LogP contribution >= 0.6 is 23.2 Å². The van der Waals surface area contributed by atoms with E-state index in [1.165, 1.54) is 0 Å². The summed E-state index contributed by atoms with van der Waals surface area (Å²) in [6, 6.07) is 5.01. The van der Waals surface area contributed by atoms with Gasteiger partial charge in [-0.15, -0.1) is 0 Å². The van der Waals surface area contributed by atoms with E-state index in [1.807, 2.05) is 19.1 Å². The second-order valence-corrected chi connectivity index (χ2v) is 5.99. The van der Waals surface area contributed by atoms with Gasteiger partial charge in [0.05, 0.1) is 41.9 Å². The summed E-state index contributed by atoms with van der Waals surface area (Å²) in [6.07, 6.45) is -0.0884. The number of halogens is 2. The van der Waals surface area contributed by atoms with Crippen molar-refractivity contribution >= 4 is 29.2 Å². The molecule has 1 saturated heterocycles. The van der Waals surface area contributed by atoms with E-state index in [0.717, 1.165) is 5.56 Å². The molecule has 0 aromatic heterocycles. The molecule has 0 radical (unpaired) electrons. The quantitative estimate of drug-likeness (QED) is 0.911. The molecule has 22 heavy (non-hydrogen) atoms. The first-order valence-corrected chi connectivity index (χ1v) is 7.88. The number of carbonyl (C=O) groups excluding carboxylic acids is 1. The third-order valence-electron chi connectivity index (χ3n) is 3.57. The van der Waals surface area contributed by atoms with Crippen molar-refractivity contribution in [1.29, 1.82) is 0 Å². The molecule has 0 spiro atoms. The van der Waals surface area contributed by atoms with Crippen LogP contribution in [0, 0.1) is 0 Å². The molecule has 0 bridgehead atoms. The van der Waals surface area contributed by atoms with Crippen LogP contribution < -0.4 is 5.32 Å². The monoisotopic (exact) mass is 346 g/mol. The van der Waals surface area contributed by atoms with E-state index in [4.69, 9.17) is 32.7 Å². The van der Waals surface area contributed by atoms with Crippen molar-refractivity contribution in [3.05, 3.63) is 33.8 Å². The van der Waals surface area contributed by atoms with E-state index < -0.39 is 0 Å². The number of hydrogen-bond acceptors (Lipinski definition) is 3. The van der Waals surface area contributed by atoms with Crippen molar-refractivity contribution in [2.24, 2.45) is 0 Å². The maximum atomic E-state index is 12.4. The zero-order valence-corrected chi connectivity index (χ0v) is 14.2. The highest BCUT2D eigenvalue weighted by Gasteiger charge is 2.25. The lowest BCUT2D eigenvalue weighted by atomic mass is 10.1. The number of urea groups is 1. The molecule has 1 heterocycles. The van der Waals surface area contributed by atoms with Gasteiger partial charge in [-0.25, -0.2) is 4.79 Å². The van der Waals surface area contributed by atoms with Crippen LogP contribution in [0.4, 0.5) is 4.79 Å². The first-order chi connectivity index (χ1) is 10.5. The lowest BCUT2D eigenvalue weighted by Gasteiger charge is -2.33. The van der Waals surface area contributed by atoms with Gasteiger partial charge in [-0.2, -0.15) is 0 Å². The molecule has 1 aromatic carbocycles. The molecule has 0 unspecified atom stereocenters. The molecule has 2 rings (SSSR count). The molecule has 1 N–H and O–H groups in total. The Balaban J connectivity index is 1.97. The van der Waals surface area contributed by atoms with Crippen LogP contribution in [0.25, 0.3) is 0 Å². The van der Waals surface area contributed by atoms with Crippen molar-refractivity contribution in [2.45, 2.75) is 19.1 Å². The zero-order valence-electron chi connectivity index (χ0n) is 12.6. The average Bonchev–Trinajstić information content (AvgIpc) is 2.50. The first kappa shape index (κ1) is 17.3. The van der Waals surface area contributed by atoms with Gasteiger partial charge in [0.2, 0.25) is 0 Å². The maximum Gasteiger partial charge on any atom is 0.318 e. The van der Waals surface area contributed by atoms with Crippen molar-refractivity contribution in [3.8, 4) is 0 Å². The Hall–Kier alpha value is -1.01. The van der Waals surface area contributed by atoms with Gasteiger partial charge in [0.15, 0.2) is 0 Å². The minimum Gasteiger partial charge on any atom is -0.382 e. The van der Waals surface area contributed by atoms with E-state index in [-0.39, 0.29) is 18.2 Å². The Morgan fingerprint density at radius 1 is 1.55 bits per heavy atom. The molecule has 1 aliphatic heterocycles. The summed E-state index contributed by atoms with van der Waals surface area (Å²) in [5.41, 5.74) is 0.796. The number of nitrogens with zero attached hydrogens (tertiary/aromatic N) is 1. The average molecular weight is 347 g/mol. The molecular formula is C15H20Cl2N2O3. The van der Waals surface area contributed by atoms with Gasteiger partial charge < -0.3 is 19.7 Å². The summed E-state index contributed by atoms with van der Waals surface area (Å²) >= 11 is 12.2. The maximum absolute atomic E-state index is 12.4.